The average molecular weight is 277 g/mol. The van der Waals surface area contributed by atoms with Crippen molar-refractivity contribution in [2.24, 2.45) is 0 Å². The van der Waals surface area contributed by atoms with Gasteiger partial charge in [0.25, 0.3) is 5.91 Å². The molecule has 0 aromatic heterocycles. The lowest BCUT2D eigenvalue weighted by Gasteiger charge is -2.17. The molecule has 1 aliphatic heterocycles. The third-order valence-corrected chi connectivity index (χ3v) is 3.16. The van der Waals surface area contributed by atoms with Crippen LogP contribution in [-0.2, 0) is 9.59 Å². The first-order valence-electron chi connectivity index (χ1n) is 5.96. The highest BCUT2D eigenvalue weighted by Crippen LogP contribution is 2.37. The number of methoxy groups -OCH3 is 2. The summed E-state index contributed by atoms with van der Waals surface area (Å²) < 4.78 is 10.4. The Balaban J connectivity index is 2.56. The fourth-order valence-electron chi connectivity index (χ4n) is 2.20. The van der Waals surface area contributed by atoms with E-state index in [2.05, 4.69) is 5.32 Å². The molecule has 1 heterocycles. The molecule has 0 saturated carbocycles. The smallest absolute Gasteiger partial charge is 0.287 e. The number of hydrogen-bond acceptors (Lipinski definition) is 5. The number of aliphatic hydroxyl groups excluding tert-OH is 1. The number of carbonyl (C=O) groups excluding carboxylic acids is 2. The van der Waals surface area contributed by atoms with Gasteiger partial charge in [0.1, 0.15) is 11.5 Å². The van der Waals surface area contributed by atoms with Gasteiger partial charge in [0, 0.05) is 5.56 Å². The molecule has 106 valence electrons. The van der Waals surface area contributed by atoms with E-state index < -0.39 is 17.7 Å². The van der Waals surface area contributed by atoms with Gasteiger partial charge in [-0.25, -0.2) is 0 Å². The molecule has 1 aromatic rings. The zero-order valence-corrected chi connectivity index (χ0v) is 11.4. The van der Waals surface area contributed by atoms with Gasteiger partial charge in [0.15, 0.2) is 11.5 Å². The van der Waals surface area contributed by atoms with Crippen LogP contribution in [0.2, 0.25) is 0 Å². The molecule has 2 N–H and O–H groups in total. The molecular formula is C14H15NO5. The lowest BCUT2D eigenvalue weighted by Crippen LogP contribution is -2.23. The van der Waals surface area contributed by atoms with E-state index in [-0.39, 0.29) is 11.4 Å². The molecule has 1 aliphatic rings. The third-order valence-electron chi connectivity index (χ3n) is 3.16. The lowest BCUT2D eigenvalue weighted by molar-refractivity contribution is -0.119. The highest BCUT2D eigenvalue weighted by molar-refractivity contribution is 6.08. The summed E-state index contributed by atoms with van der Waals surface area (Å²) in [4.78, 5) is 23.2. The van der Waals surface area contributed by atoms with Crippen LogP contribution in [0.4, 0.5) is 0 Å². The number of Topliss-reactive ketones (excluding diaryl/α,β-unsaturated/α-hetero) is 1. The van der Waals surface area contributed by atoms with Crippen molar-refractivity contribution in [1.29, 1.82) is 0 Å². The second kappa shape index (κ2) is 5.24. The molecule has 1 atom stereocenters. The van der Waals surface area contributed by atoms with Crippen LogP contribution < -0.4 is 14.8 Å². The minimum absolute atomic E-state index is 0.0292. The van der Waals surface area contributed by atoms with Crippen LogP contribution in [0.5, 0.6) is 11.5 Å². The molecule has 20 heavy (non-hydrogen) atoms. The Kier molecular flexibility index (Phi) is 3.65. The maximum Gasteiger partial charge on any atom is 0.287 e. The zero-order chi connectivity index (χ0) is 14.9. The van der Waals surface area contributed by atoms with Gasteiger partial charge in [-0.3, -0.25) is 9.59 Å². The molecule has 1 amide bonds. The minimum Gasteiger partial charge on any atom is -0.503 e. The van der Waals surface area contributed by atoms with E-state index in [1.165, 1.54) is 21.1 Å². The Labute approximate surface area is 116 Å². The molecule has 6 nitrogen and oxygen atoms in total. The van der Waals surface area contributed by atoms with Crippen molar-refractivity contribution in [1.82, 2.24) is 5.32 Å². The molecule has 1 aromatic carbocycles. The van der Waals surface area contributed by atoms with Crippen LogP contribution in [0.1, 0.15) is 18.5 Å². The SMILES string of the molecule is COc1ccc(OC)c([C@H]2NC(=O)C(O)=C2C(C)=O)c1. The number of aliphatic hydroxyl groups is 1. The van der Waals surface area contributed by atoms with Crippen molar-refractivity contribution >= 4 is 11.7 Å². The largest absolute Gasteiger partial charge is 0.503 e. The summed E-state index contributed by atoms with van der Waals surface area (Å²) in [5.41, 5.74) is 0.580. The van der Waals surface area contributed by atoms with Crippen molar-refractivity contribution in [2.75, 3.05) is 14.2 Å². The maximum absolute atomic E-state index is 11.7. The number of ketones is 1. The minimum atomic E-state index is -0.745. The van der Waals surface area contributed by atoms with E-state index in [4.69, 9.17) is 9.47 Å². The lowest BCUT2D eigenvalue weighted by atomic mass is 9.96. The Bertz CT molecular complexity index is 606. The topological polar surface area (TPSA) is 84.9 Å². The quantitative estimate of drug-likeness (QED) is 0.866. The Hall–Kier alpha value is -2.50. The van der Waals surface area contributed by atoms with Gasteiger partial charge in [-0.15, -0.1) is 0 Å². The Morgan fingerprint density at radius 2 is 2.00 bits per heavy atom. The van der Waals surface area contributed by atoms with Gasteiger partial charge in [0.05, 0.1) is 25.8 Å². The average Bonchev–Trinajstić information content (AvgIpc) is 2.74. The summed E-state index contributed by atoms with van der Waals surface area (Å²) in [6.45, 7) is 1.30. The van der Waals surface area contributed by atoms with E-state index >= 15 is 0 Å². The standard InChI is InChI=1S/C14H15NO5/c1-7(16)11-12(15-14(18)13(11)17)9-6-8(19-2)4-5-10(9)20-3/h4-6,12,17H,1-3H3,(H,15,18)/t12-/m1/s1. The van der Waals surface area contributed by atoms with Gasteiger partial charge in [-0.05, 0) is 25.1 Å². The fourth-order valence-corrected chi connectivity index (χ4v) is 2.20. The first-order valence-corrected chi connectivity index (χ1v) is 5.96. The van der Waals surface area contributed by atoms with E-state index in [9.17, 15) is 14.7 Å². The molecular weight excluding hydrogens is 262 g/mol. The molecule has 0 bridgehead atoms. The summed E-state index contributed by atoms with van der Waals surface area (Å²) in [6.07, 6.45) is 0. The predicted octanol–water partition coefficient (Wildman–Crippen LogP) is 1.28. The molecule has 0 spiro atoms. The van der Waals surface area contributed by atoms with Crippen molar-refractivity contribution < 1.29 is 24.2 Å². The van der Waals surface area contributed by atoms with Crippen LogP contribution in [0.25, 0.3) is 0 Å². The molecule has 0 unspecified atom stereocenters. The van der Waals surface area contributed by atoms with Gasteiger partial charge in [-0.1, -0.05) is 0 Å². The van der Waals surface area contributed by atoms with Crippen LogP contribution in [0.15, 0.2) is 29.5 Å². The monoisotopic (exact) mass is 277 g/mol. The molecule has 2 rings (SSSR count). The number of benzene rings is 1. The molecule has 0 saturated heterocycles. The van der Waals surface area contributed by atoms with Gasteiger partial charge in [0.2, 0.25) is 0 Å². The van der Waals surface area contributed by atoms with Gasteiger partial charge >= 0.3 is 0 Å². The van der Waals surface area contributed by atoms with Gasteiger partial charge in [-0.2, -0.15) is 0 Å². The van der Waals surface area contributed by atoms with E-state index in [0.717, 1.165) is 0 Å². The van der Waals surface area contributed by atoms with Crippen LogP contribution >= 0.6 is 0 Å². The van der Waals surface area contributed by atoms with E-state index in [1.807, 2.05) is 0 Å². The zero-order valence-electron chi connectivity index (χ0n) is 11.4. The number of rotatable bonds is 4. The van der Waals surface area contributed by atoms with E-state index in [1.54, 1.807) is 18.2 Å². The first-order chi connectivity index (χ1) is 9.49. The normalized spacial score (nSPS) is 17.9. The molecule has 6 heteroatoms. The fraction of sp³-hybridized carbons (Fsp3) is 0.286. The molecule has 0 aliphatic carbocycles. The molecule has 0 radical (unpaired) electrons. The van der Waals surface area contributed by atoms with Crippen molar-refractivity contribution in [3.63, 3.8) is 0 Å². The second-order valence-electron chi connectivity index (χ2n) is 4.33. The van der Waals surface area contributed by atoms with Crippen molar-refractivity contribution in [2.45, 2.75) is 13.0 Å². The summed E-state index contributed by atoms with van der Waals surface area (Å²) in [5, 5.41) is 12.3. The summed E-state index contributed by atoms with van der Waals surface area (Å²) in [5.74, 6) is -0.554. The Morgan fingerprint density at radius 3 is 2.55 bits per heavy atom. The number of nitrogens with one attached hydrogen (secondary N) is 1. The highest BCUT2D eigenvalue weighted by atomic mass is 16.5. The predicted molar refractivity (Wildman–Crippen MR) is 70.8 cm³/mol. The molecule has 0 fully saturated rings. The second-order valence-corrected chi connectivity index (χ2v) is 4.33. The van der Waals surface area contributed by atoms with Crippen molar-refractivity contribution in [3.8, 4) is 11.5 Å². The summed E-state index contributed by atoms with van der Waals surface area (Å²) >= 11 is 0. The van der Waals surface area contributed by atoms with Crippen LogP contribution in [0.3, 0.4) is 0 Å². The van der Waals surface area contributed by atoms with Crippen molar-refractivity contribution in [3.05, 3.63) is 35.1 Å². The number of hydrogen-bond donors (Lipinski definition) is 2. The highest BCUT2D eigenvalue weighted by Gasteiger charge is 2.36. The first kappa shape index (κ1) is 13.9. The number of ether oxygens (including phenoxy) is 2. The summed E-state index contributed by atoms with van der Waals surface area (Å²) in [6, 6.07) is 4.29. The summed E-state index contributed by atoms with van der Waals surface area (Å²) in [7, 11) is 3.00. The van der Waals surface area contributed by atoms with Gasteiger partial charge < -0.3 is 19.9 Å². The van der Waals surface area contributed by atoms with E-state index in [0.29, 0.717) is 17.1 Å². The third kappa shape index (κ3) is 2.20. The Morgan fingerprint density at radius 1 is 1.30 bits per heavy atom. The number of carbonyl (C=O) groups is 2. The van der Waals surface area contributed by atoms with Crippen LogP contribution in [-0.4, -0.2) is 31.0 Å². The van der Waals surface area contributed by atoms with Crippen LogP contribution in [0, 0.1) is 0 Å². The maximum atomic E-state index is 11.7. The number of amides is 1.